The van der Waals surface area contributed by atoms with Gasteiger partial charge in [-0.05, 0) is 37.5 Å². The number of halogens is 1. The van der Waals surface area contributed by atoms with Crippen molar-refractivity contribution in [1.29, 1.82) is 0 Å². The molecule has 0 aliphatic carbocycles. The molecule has 0 N–H and O–H groups in total. The van der Waals surface area contributed by atoms with E-state index in [0.29, 0.717) is 17.5 Å². The molecule has 0 spiro atoms. The van der Waals surface area contributed by atoms with Gasteiger partial charge >= 0.3 is 5.97 Å². The maximum absolute atomic E-state index is 11.7. The van der Waals surface area contributed by atoms with Crippen LogP contribution in [0.4, 0.5) is 0 Å². The number of hydrogen-bond acceptors (Lipinski definition) is 3. The molecule has 0 fully saturated rings. The molecule has 0 saturated heterocycles. The molecule has 1 aromatic carbocycles. The maximum atomic E-state index is 11.7. The number of fused-ring (bicyclic) bond motifs is 1. The summed E-state index contributed by atoms with van der Waals surface area (Å²) >= 11 is 3.43. The average Bonchev–Trinajstić information content (AvgIpc) is 2.37. The van der Waals surface area contributed by atoms with Crippen LogP contribution in [0.2, 0.25) is 0 Å². The lowest BCUT2D eigenvalue weighted by molar-refractivity contribution is 0.0526. The second-order valence-electron chi connectivity index (χ2n) is 3.93. The number of hydrogen-bond donors (Lipinski definition) is 0. The van der Waals surface area contributed by atoms with Gasteiger partial charge in [0.05, 0.1) is 18.8 Å². The van der Waals surface area contributed by atoms with Crippen LogP contribution in [0.15, 0.2) is 12.1 Å². The molecule has 0 atom stereocenters. The van der Waals surface area contributed by atoms with Crippen molar-refractivity contribution < 1.29 is 14.3 Å². The maximum Gasteiger partial charge on any atom is 0.338 e. The van der Waals surface area contributed by atoms with Gasteiger partial charge in [0.2, 0.25) is 0 Å². The number of benzene rings is 1. The second-order valence-corrected chi connectivity index (χ2v) is 4.49. The molecular weight excluding hydrogens is 284 g/mol. The molecular formula is C13H15BrO3. The first-order valence-electron chi connectivity index (χ1n) is 5.78. The molecule has 1 aliphatic heterocycles. The summed E-state index contributed by atoms with van der Waals surface area (Å²) in [6.07, 6.45) is 1.96. The lowest BCUT2D eigenvalue weighted by Crippen LogP contribution is -2.13. The zero-order valence-electron chi connectivity index (χ0n) is 9.79. The van der Waals surface area contributed by atoms with Gasteiger partial charge in [-0.3, -0.25) is 0 Å². The van der Waals surface area contributed by atoms with Crippen molar-refractivity contribution in [2.45, 2.75) is 25.1 Å². The van der Waals surface area contributed by atoms with Gasteiger partial charge in [0.25, 0.3) is 0 Å². The smallest absolute Gasteiger partial charge is 0.338 e. The Hall–Kier alpha value is -1.03. The summed E-state index contributed by atoms with van der Waals surface area (Å²) in [7, 11) is 0. The van der Waals surface area contributed by atoms with E-state index in [1.165, 1.54) is 0 Å². The molecule has 0 bridgehead atoms. The second kappa shape index (κ2) is 5.54. The Labute approximate surface area is 109 Å². The fourth-order valence-corrected chi connectivity index (χ4v) is 2.41. The van der Waals surface area contributed by atoms with Crippen molar-refractivity contribution in [1.82, 2.24) is 0 Å². The lowest BCUT2D eigenvalue weighted by Gasteiger charge is -2.20. The van der Waals surface area contributed by atoms with Crippen LogP contribution in [0, 0.1) is 0 Å². The zero-order valence-corrected chi connectivity index (χ0v) is 11.4. The fraction of sp³-hybridized carbons (Fsp3) is 0.462. The predicted molar refractivity (Wildman–Crippen MR) is 68.8 cm³/mol. The third kappa shape index (κ3) is 2.63. The summed E-state index contributed by atoms with van der Waals surface area (Å²) in [6, 6.07) is 3.73. The molecule has 0 aromatic heterocycles. The lowest BCUT2D eigenvalue weighted by atomic mass is 9.99. The molecule has 3 nitrogen and oxygen atoms in total. The van der Waals surface area contributed by atoms with Crippen LogP contribution < -0.4 is 4.74 Å². The summed E-state index contributed by atoms with van der Waals surface area (Å²) in [4.78, 5) is 11.7. The highest BCUT2D eigenvalue weighted by Gasteiger charge is 2.18. The first kappa shape index (κ1) is 12.4. The van der Waals surface area contributed by atoms with Crippen molar-refractivity contribution in [3.05, 3.63) is 28.8 Å². The van der Waals surface area contributed by atoms with E-state index in [9.17, 15) is 4.79 Å². The van der Waals surface area contributed by atoms with E-state index in [0.717, 1.165) is 36.3 Å². The van der Waals surface area contributed by atoms with Gasteiger partial charge in [-0.1, -0.05) is 15.9 Å². The molecule has 2 rings (SSSR count). The Bertz CT molecular complexity index is 412. The molecule has 17 heavy (non-hydrogen) atoms. The molecule has 1 heterocycles. The highest BCUT2D eigenvalue weighted by molar-refractivity contribution is 9.08. The van der Waals surface area contributed by atoms with Crippen molar-refractivity contribution in [3.8, 4) is 5.75 Å². The van der Waals surface area contributed by atoms with Gasteiger partial charge in [0.1, 0.15) is 5.75 Å². The van der Waals surface area contributed by atoms with E-state index >= 15 is 0 Å². The number of ether oxygens (including phenoxy) is 2. The number of carbonyl (C=O) groups excluding carboxylic acids is 1. The summed E-state index contributed by atoms with van der Waals surface area (Å²) in [5, 5.41) is 0.683. The third-order valence-corrected chi connectivity index (χ3v) is 3.34. The molecule has 0 unspecified atom stereocenters. The Morgan fingerprint density at radius 1 is 1.53 bits per heavy atom. The van der Waals surface area contributed by atoms with Gasteiger partial charge in [-0.15, -0.1) is 0 Å². The first-order chi connectivity index (χ1) is 8.26. The highest BCUT2D eigenvalue weighted by Crippen LogP contribution is 2.32. The van der Waals surface area contributed by atoms with E-state index in [1.54, 1.807) is 0 Å². The monoisotopic (exact) mass is 298 g/mol. The molecule has 92 valence electrons. The van der Waals surface area contributed by atoms with E-state index in [1.807, 2.05) is 19.1 Å². The minimum Gasteiger partial charge on any atom is -0.493 e. The Balaban J connectivity index is 2.39. The zero-order chi connectivity index (χ0) is 12.3. The standard InChI is InChI=1S/C13H15BrO3/c1-2-16-13(15)10-6-9-4-3-5-17-12(9)11(7-10)8-14/h6-7H,2-5,8H2,1H3. The normalized spacial score (nSPS) is 13.8. The van der Waals surface area contributed by atoms with Crippen LogP contribution in [-0.4, -0.2) is 19.2 Å². The van der Waals surface area contributed by atoms with E-state index in [2.05, 4.69) is 15.9 Å². The van der Waals surface area contributed by atoms with E-state index in [4.69, 9.17) is 9.47 Å². The van der Waals surface area contributed by atoms with Crippen molar-refractivity contribution in [3.63, 3.8) is 0 Å². The quantitative estimate of drug-likeness (QED) is 0.635. The fourth-order valence-electron chi connectivity index (χ4n) is 1.99. The van der Waals surface area contributed by atoms with Gasteiger partial charge in [-0.2, -0.15) is 0 Å². The number of alkyl halides is 1. The van der Waals surface area contributed by atoms with Crippen LogP contribution in [0.1, 0.15) is 34.8 Å². The number of esters is 1. The first-order valence-corrected chi connectivity index (χ1v) is 6.90. The van der Waals surface area contributed by atoms with Gasteiger partial charge in [-0.25, -0.2) is 4.79 Å². The van der Waals surface area contributed by atoms with Crippen LogP contribution >= 0.6 is 15.9 Å². The molecule has 1 aromatic rings. The summed E-state index contributed by atoms with van der Waals surface area (Å²) < 4.78 is 10.7. The number of carbonyl (C=O) groups is 1. The Morgan fingerprint density at radius 3 is 3.06 bits per heavy atom. The van der Waals surface area contributed by atoms with Crippen molar-refractivity contribution >= 4 is 21.9 Å². The van der Waals surface area contributed by atoms with Gasteiger partial charge in [0, 0.05) is 10.9 Å². The number of aryl methyl sites for hydroxylation is 1. The molecule has 0 radical (unpaired) electrons. The summed E-state index contributed by atoms with van der Waals surface area (Å²) in [5.41, 5.74) is 2.74. The van der Waals surface area contributed by atoms with E-state index in [-0.39, 0.29) is 5.97 Å². The molecule has 4 heteroatoms. The summed E-state index contributed by atoms with van der Waals surface area (Å²) in [6.45, 7) is 2.96. The average molecular weight is 299 g/mol. The molecule has 0 saturated carbocycles. The van der Waals surface area contributed by atoms with Crippen LogP contribution in [0.5, 0.6) is 5.75 Å². The van der Waals surface area contributed by atoms with Crippen LogP contribution in [0.3, 0.4) is 0 Å². The van der Waals surface area contributed by atoms with Gasteiger partial charge in [0.15, 0.2) is 0 Å². The number of rotatable bonds is 3. The van der Waals surface area contributed by atoms with E-state index < -0.39 is 0 Å². The topological polar surface area (TPSA) is 35.5 Å². The molecule has 0 amide bonds. The largest absolute Gasteiger partial charge is 0.493 e. The van der Waals surface area contributed by atoms with Gasteiger partial charge < -0.3 is 9.47 Å². The molecule has 1 aliphatic rings. The van der Waals surface area contributed by atoms with Crippen LogP contribution in [-0.2, 0) is 16.5 Å². The summed E-state index contributed by atoms with van der Waals surface area (Å²) in [5.74, 6) is 0.671. The Kier molecular flexibility index (Phi) is 4.05. The SMILES string of the molecule is CCOC(=O)c1cc(CBr)c2c(c1)CCCO2. The Morgan fingerprint density at radius 2 is 2.35 bits per heavy atom. The highest BCUT2D eigenvalue weighted by atomic mass is 79.9. The van der Waals surface area contributed by atoms with Crippen LogP contribution in [0.25, 0.3) is 0 Å². The minimum atomic E-state index is -0.261. The van der Waals surface area contributed by atoms with Crippen molar-refractivity contribution in [2.75, 3.05) is 13.2 Å². The third-order valence-electron chi connectivity index (χ3n) is 2.73. The minimum absolute atomic E-state index is 0.261. The predicted octanol–water partition coefficient (Wildman–Crippen LogP) is 3.08. The van der Waals surface area contributed by atoms with Crippen molar-refractivity contribution in [2.24, 2.45) is 0 Å².